The molecule has 1 aliphatic heterocycles. The molecule has 8 heteroatoms. The number of ether oxygens (including phenoxy) is 1. The summed E-state index contributed by atoms with van der Waals surface area (Å²) in [6.07, 6.45) is 2.26. The first-order valence-corrected chi connectivity index (χ1v) is 10.4. The van der Waals surface area contributed by atoms with Gasteiger partial charge in [0.15, 0.2) is 0 Å². The predicted molar refractivity (Wildman–Crippen MR) is 117 cm³/mol. The quantitative estimate of drug-likeness (QED) is 0.564. The third kappa shape index (κ3) is 4.53. The highest BCUT2D eigenvalue weighted by molar-refractivity contribution is 7.15. The molecule has 3 aromatic rings. The molecule has 29 heavy (non-hydrogen) atoms. The maximum atomic E-state index is 8.99. The van der Waals surface area contributed by atoms with Crippen molar-refractivity contribution in [3.8, 4) is 22.4 Å². The number of piperidine rings is 1. The Labute approximate surface area is 174 Å². The molecule has 0 radical (unpaired) electrons. The van der Waals surface area contributed by atoms with Crippen molar-refractivity contribution in [3.05, 3.63) is 41.3 Å². The largest absolute Gasteiger partial charge is 0.495 e. The molecule has 7 nitrogen and oxygen atoms in total. The number of H-pyrrole nitrogens is 1. The van der Waals surface area contributed by atoms with Crippen molar-refractivity contribution >= 4 is 28.5 Å². The van der Waals surface area contributed by atoms with E-state index in [2.05, 4.69) is 44.9 Å². The molecule has 150 valence electrons. The second kappa shape index (κ2) is 8.55. The standard InChI is InChI=1S/C21H24N6OS/c1-27-9-7-14(8-10-27)23-17-5-3-15(11-19(17)28-2)24-21-12-18(25-26-21)20-6-4-16(13-22)29-20/h3-6,11-12,14,23H,7-10H2,1-2H3,(H2,24,25,26). The first kappa shape index (κ1) is 19.3. The number of nitriles is 1. The molecule has 0 spiro atoms. The minimum Gasteiger partial charge on any atom is -0.495 e. The Morgan fingerprint density at radius 2 is 2.07 bits per heavy atom. The van der Waals surface area contributed by atoms with E-state index in [0.29, 0.717) is 10.9 Å². The molecule has 3 N–H and O–H groups in total. The molecule has 3 heterocycles. The van der Waals surface area contributed by atoms with Crippen LogP contribution in [0.25, 0.3) is 10.6 Å². The number of anilines is 3. The predicted octanol–water partition coefficient (Wildman–Crippen LogP) is 4.27. The SMILES string of the molecule is COc1cc(Nc2cc(-c3ccc(C#N)s3)n[nH]2)ccc1NC1CCN(C)CC1. The number of hydrogen-bond donors (Lipinski definition) is 3. The van der Waals surface area contributed by atoms with Crippen LogP contribution in [0.5, 0.6) is 5.75 Å². The van der Waals surface area contributed by atoms with Crippen molar-refractivity contribution in [1.82, 2.24) is 15.1 Å². The van der Waals surface area contributed by atoms with E-state index in [1.165, 1.54) is 11.3 Å². The van der Waals surface area contributed by atoms with E-state index < -0.39 is 0 Å². The van der Waals surface area contributed by atoms with Crippen LogP contribution in [-0.2, 0) is 0 Å². The molecular formula is C21H24N6OS. The molecule has 0 atom stereocenters. The van der Waals surface area contributed by atoms with Gasteiger partial charge in [-0.2, -0.15) is 10.4 Å². The Hall–Kier alpha value is -3.02. The first-order valence-electron chi connectivity index (χ1n) is 9.60. The van der Waals surface area contributed by atoms with E-state index >= 15 is 0 Å². The number of aromatic nitrogens is 2. The number of benzene rings is 1. The summed E-state index contributed by atoms with van der Waals surface area (Å²) in [6, 6.07) is 14.3. The van der Waals surface area contributed by atoms with Gasteiger partial charge in [0.1, 0.15) is 28.2 Å². The molecule has 0 unspecified atom stereocenters. The highest BCUT2D eigenvalue weighted by Gasteiger charge is 2.18. The molecule has 0 amide bonds. The van der Waals surface area contributed by atoms with Crippen LogP contribution in [0.15, 0.2) is 36.4 Å². The van der Waals surface area contributed by atoms with Crippen molar-refractivity contribution in [2.75, 3.05) is 37.9 Å². The van der Waals surface area contributed by atoms with Gasteiger partial charge in [-0.05, 0) is 57.2 Å². The number of likely N-dealkylation sites (tertiary alicyclic amines) is 1. The zero-order chi connectivity index (χ0) is 20.2. The monoisotopic (exact) mass is 408 g/mol. The van der Waals surface area contributed by atoms with Gasteiger partial charge in [-0.15, -0.1) is 11.3 Å². The van der Waals surface area contributed by atoms with Crippen LogP contribution < -0.4 is 15.4 Å². The number of thiophene rings is 1. The minimum atomic E-state index is 0.471. The van der Waals surface area contributed by atoms with Gasteiger partial charge < -0.3 is 20.3 Å². The van der Waals surface area contributed by atoms with Crippen molar-refractivity contribution in [2.24, 2.45) is 0 Å². The summed E-state index contributed by atoms with van der Waals surface area (Å²) >= 11 is 1.43. The minimum absolute atomic E-state index is 0.471. The zero-order valence-electron chi connectivity index (χ0n) is 16.5. The number of nitrogens with one attached hydrogen (secondary N) is 3. The van der Waals surface area contributed by atoms with Gasteiger partial charge in [-0.3, -0.25) is 5.10 Å². The van der Waals surface area contributed by atoms with Gasteiger partial charge in [0.2, 0.25) is 0 Å². The highest BCUT2D eigenvalue weighted by atomic mass is 32.1. The van der Waals surface area contributed by atoms with E-state index in [9.17, 15) is 0 Å². The maximum Gasteiger partial charge on any atom is 0.144 e. The number of aromatic amines is 1. The molecule has 1 aromatic carbocycles. The first-order chi connectivity index (χ1) is 14.1. The summed E-state index contributed by atoms with van der Waals surface area (Å²) < 4.78 is 5.61. The third-order valence-corrected chi connectivity index (χ3v) is 6.12. The molecular weight excluding hydrogens is 384 g/mol. The third-order valence-electron chi connectivity index (χ3n) is 5.11. The lowest BCUT2D eigenvalue weighted by Gasteiger charge is -2.30. The molecule has 2 aromatic heterocycles. The molecule has 4 rings (SSSR count). The van der Waals surface area contributed by atoms with Crippen LogP contribution in [0.1, 0.15) is 17.7 Å². The second-order valence-corrected chi connectivity index (χ2v) is 8.29. The van der Waals surface area contributed by atoms with Gasteiger partial charge in [-0.25, -0.2) is 0 Å². The van der Waals surface area contributed by atoms with Gasteiger partial charge in [0.05, 0.1) is 17.7 Å². The summed E-state index contributed by atoms with van der Waals surface area (Å²) in [5.74, 6) is 1.59. The van der Waals surface area contributed by atoms with Crippen LogP contribution in [0.2, 0.25) is 0 Å². The molecule has 1 aliphatic rings. The Morgan fingerprint density at radius 3 is 2.79 bits per heavy atom. The number of hydrogen-bond acceptors (Lipinski definition) is 7. The van der Waals surface area contributed by atoms with E-state index in [1.54, 1.807) is 7.11 Å². The molecule has 1 saturated heterocycles. The number of methoxy groups -OCH3 is 1. The normalized spacial score (nSPS) is 15.1. The summed E-state index contributed by atoms with van der Waals surface area (Å²) in [7, 11) is 3.86. The number of rotatable bonds is 6. The Kier molecular flexibility index (Phi) is 5.69. The Bertz CT molecular complexity index is 1010. The molecule has 0 aliphatic carbocycles. The van der Waals surface area contributed by atoms with Crippen LogP contribution >= 0.6 is 11.3 Å². The van der Waals surface area contributed by atoms with Gasteiger partial charge in [0.25, 0.3) is 0 Å². The lowest BCUT2D eigenvalue weighted by molar-refractivity contribution is 0.263. The van der Waals surface area contributed by atoms with Crippen LogP contribution in [0, 0.1) is 11.3 Å². The van der Waals surface area contributed by atoms with Gasteiger partial charge in [-0.1, -0.05) is 0 Å². The maximum absolute atomic E-state index is 8.99. The van der Waals surface area contributed by atoms with Crippen molar-refractivity contribution in [2.45, 2.75) is 18.9 Å². The second-order valence-electron chi connectivity index (χ2n) is 7.20. The molecule has 0 saturated carbocycles. The lowest BCUT2D eigenvalue weighted by atomic mass is 10.1. The van der Waals surface area contributed by atoms with Crippen LogP contribution in [-0.4, -0.2) is 48.4 Å². The fraction of sp³-hybridized carbons (Fsp3) is 0.333. The fourth-order valence-corrected chi connectivity index (χ4v) is 4.23. The summed E-state index contributed by atoms with van der Waals surface area (Å²) in [4.78, 5) is 3.99. The fourth-order valence-electron chi connectivity index (χ4n) is 3.46. The molecule has 0 bridgehead atoms. The highest BCUT2D eigenvalue weighted by Crippen LogP contribution is 2.32. The summed E-state index contributed by atoms with van der Waals surface area (Å²) in [5.41, 5.74) is 2.74. The van der Waals surface area contributed by atoms with E-state index in [-0.39, 0.29) is 0 Å². The zero-order valence-corrected chi connectivity index (χ0v) is 17.3. The van der Waals surface area contributed by atoms with Crippen molar-refractivity contribution in [1.29, 1.82) is 5.26 Å². The average Bonchev–Trinajstić information content (AvgIpc) is 3.40. The Balaban J connectivity index is 1.45. The topological polar surface area (TPSA) is 89.0 Å². The summed E-state index contributed by atoms with van der Waals surface area (Å²) in [5, 5.41) is 23.3. The van der Waals surface area contributed by atoms with Crippen LogP contribution in [0.4, 0.5) is 17.2 Å². The van der Waals surface area contributed by atoms with Crippen molar-refractivity contribution < 1.29 is 4.74 Å². The van der Waals surface area contributed by atoms with Crippen molar-refractivity contribution in [3.63, 3.8) is 0 Å². The van der Waals surface area contributed by atoms with E-state index in [0.717, 1.165) is 59.4 Å². The average molecular weight is 409 g/mol. The summed E-state index contributed by atoms with van der Waals surface area (Å²) in [6.45, 7) is 2.23. The van der Waals surface area contributed by atoms with Gasteiger partial charge in [0, 0.05) is 23.9 Å². The molecule has 1 fully saturated rings. The van der Waals surface area contributed by atoms with Crippen LogP contribution in [0.3, 0.4) is 0 Å². The number of nitrogens with zero attached hydrogens (tertiary/aromatic N) is 3. The lowest BCUT2D eigenvalue weighted by Crippen LogP contribution is -2.36. The Morgan fingerprint density at radius 1 is 1.24 bits per heavy atom. The smallest absolute Gasteiger partial charge is 0.144 e. The van der Waals surface area contributed by atoms with Gasteiger partial charge >= 0.3 is 0 Å². The van der Waals surface area contributed by atoms with E-state index in [1.807, 2.05) is 30.3 Å². The van der Waals surface area contributed by atoms with E-state index in [4.69, 9.17) is 10.00 Å².